The van der Waals surface area contributed by atoms with Crippen molar-refractivity contribution < 1.29 is 9.53 Å². The smallest absolute Gasteiger partial charge is 0.224 e. The third kappa shape index (κ3) is 5.98. The first-order chi connectivity index (χ1) is 13.7. The Morgan fingerprint density at radius 3 is 2.00 bits per heavy atom. The average molecular weight is 373 g/mol. The van der Waals surface area contributed by atoms with Gasteiger partial charge in [0.2, 0.25) is 5.91 Å². The van der Waals surface area contributed by atoms with Crippen LogP contribution in [0.25, 0.3) is 0 Å². The molecule has 28 heavy (non-hydrogen) atoms. The van der Waals surface area contributed by atoms with E-state index >= 15 is 0 Å². The molecule has 0 aliphatic carbocycles. The van der Waals surface area contributed by atoms with Crippen LogP contribution in [0.15, 0.2) is 84.9 Å². The lowest BCUT2D eigenvalue weighted by molar-refractivity contribution is -0.119. The molecule has 0 fully saturated rings. The summed E-state index contributed by atoms with van der Waals surface area (Å²) in [6.45, 7) is 0.527. The fourth-order valence-corrected chi connectivity index (χ4v) is 3.33. The molecule has 0 bridgehead atoms. The second-order valence-corrected chi connectivity index (χ2v) is 7.03. The summed E-state index contributed by atoms with van der Waals surface area (Å²) in [5.74, 6) is 0.275. The first-order valence-corrected chi connectivity index (χ1v) is 9.82. The van der Waals surface area contributed by atoms with E-state index in [1.54, 1.807) is 0 Å². The molecule has 3 aromatic rings. The number of carbonyl (C=O) groups is 1. The van der Waals surface area contributed by atoms with Crippen molar-refractivity contribution in [2.75, 3.05) is 0 Å². The lowest BCUT2D eigenvalue weighted by Gasteiger charge is -2.15. The fraction of sp³-hybridized carbons (Fsp3) is 0.240. The number of aryl methyl sites for hydroxylation is 1. The van der Waals surface area contributed by atoms with Crippen LogP contribution < -0.4 is 10.5 Å². The highest BCUT2D eigenvalue weighted by Gasteiger charge is 2.17. The van der Waals surface area contributed by atoms with Gasteiger partial charge in [0.05, 0.1) is 5.92 Å². The predicted molar refractivity (Wildman–Crippen MR) is 113 cm³/mol. The van der Waals surface area contributed by atoms with E-state index in [9.17, 15) is 4.79 Å². The van der Waals surface area contributed by atoms with Crippen LogP contribution in [0, 0.1) is 0 Å². The number of primary amides is 1. The molecule has 0 radical (unpaired) electrons. The van der Waals surface area contributed by atoms with Crippen LogP contribution in [-0.2, 0) is 17.8 Å². The zero-order valence-corrected chi connectivity index (χ0v) is 16.1. The van der Waals surface area contributed by atoms with E-state index in [0.29, 0.717) is 6.61 Å². The van der Waals surface area contributed by atoms with Gasteiger partial charge in [-0.05, 0) is 48.1 Å². The topological polar surface area (TPSA) is 52.3 Å². The van der Waals surface area contributed by atoms with Crippen LogP contribution in [0.3, 0.4) is 0 Å². The Morgan fingerprint density at radius 2 is 1.39 bits per heavy atom. The highest BCUT2D eigenvalue weighted by atomic mass is 16.5. The van der Waals surface area contributed by atoms with Crippen LogP contribution in [0.4, 0.5) is 0 Å². The molecular weight excluding hydrogens is 346 g/mol. The van der Waals surface area contributed by atoms with E-state index in [-0.39, 0.29) is 11.8 Å². The Kier molecular flexibility index (Phi) is 7.25. The monoisotopic (exact) mass is 373 g/mol. The molecule has 1 unspecified atom stereocenters. The number of unbranched alkanes of at least 4 members (excludes halogenated alkanes) is 1. The van der Waals surface area contributed by atoms with E-state index in [1.165, 1.54) is 5.56 Å². The van der Waals surface area contributed by atoms with Crippen molar-refractivity contribution in [2.24, 2.45) is 5.73 Å². The highest BCUT2D eigenvalue weighted by molar-refractivity contribution is 5.81. The second kappa shape index (κ2) is 10.3. The van der Waals surface area contributed by atoms with E-state index in [1.807, 2.05) is 60.7 Å². The van der Waals surface area contributed by atoms with Crippen LogP contribution in [-0.4, -0.2) is 5.91 Å². The molecule has 0 heterocycles. The summed E-state index contributed by atoms with van der Waals surface area (Å²) < 4.78 is 5.82. The molecule has 3 rings (SSSR count). The van der Waals surface area contributed by atoms with Crippen molar-refractivity contribution in [2.45, 2.75) is 38.2 Å². The maximum Gasteiger partial charge on any atom is 0.224 e. The molecule has 144 valence electrons. The van der Waals surface area contributed by atoms with Crippen molar-refractivity contribution in [1.29, 1.82) is 0 Å². The molecule has 0 aliphatic heterocycles. The number of hydrogen-bond donors (Lipinski definition) is 1. The fourth-order valence-electron chi connectivity index (χ4n) is 3.33. The molecule has 1 amide bonds. The molecule has 0 saturated carbocycles. The first-order valence-electron chi connectivity index (χ1n) is 9.82. The average Bonchev–Trinajstić information content (AvgIpc) is 2.74. The van der Waals surface area contributed by atoms with Gasteiger partial charge < -0.3 is 10.5 Å². The largest absolute Gasteiger partial charge is 0.489 e. The summed E-state index contributed by atoms with van der Waals surface area (Å²) in [6.07, 6.45) is 3.81. The van der Waals surface area contributed by atoms with Gasteiger partial charge in [-0.1, -0.05) is 79.2 Å². The summed E-state index contributed by atoms with van der Waals surface area (Å²) >= 11 is 0. The van der Waals surface area contributed by atoms with E-state index in [4.69, 9.17) is 10.5 Å². The van der Waals surface area contributed by atoms with Crippen LogP contribution in [0.1, 0.15) is 41.9 Å². The van der Waals surface area contributed by atoms with Gasteiger partial charge in [-0.15, -0.1) is 0 Å². The van der Waals surface area contributed by atoms with Gasteiger partial charge >= 0.3 is 0 Å². The third-order valence-electron chi connectivity index (χ3n) is 4.93. The number of benzene rings is 3. The predicted octanol–water partition coefficient (Wildman–Crippen LogP) is 5.25. The molecule has 0 aromatic heterocycles. The molecule has 3 heteroatoms. The number of amides is 1. The minimum atomic E-state index is -0.266. The van der Waals surface area contributed by atoms with Gasteiger partial charge in [-0.2, -0.15) is 0 Å². The lowest BCUT2D eigenvalue weighted by Crippen LogP contribution is -2.21. The number of nitrogens with two attached hydrogens (primary N) is 1. The van der Waals surface area contributed by atoms with Crippen molar-refractivity contribution in [1.82, 2.24) is 0 Å². The van der Waals surface area contributed by atoms with Gasteiger partial charge in [0.1, 0.15) is 12.4 Å². The van der Waals surface area contributed by atoms with Crippen molar-refractivity contribution in [3.05, 3.63) is 102 Å². The number of ether oxygens (including phenoxy) is 1. The molecule has 3 nitrogen and oxygen atoms in total. The first kappa shape index (κ1) is 19.7. The second-order valence-electron chi connectivity index (χ2n) is 7.03. The molecular formula is C25H27NO2. The quantitative estimate of drug-likeness (QED) is 0.494. The number of rotatable bonds is 10. The van der Waals surface area contributed by atoms with Crippen molar-refractivity contribution in [3.8, 4) is 5.75 Å². The van der Waals surface area contributed by atoms with Crippen LogP contribution in [0.5, 0.6) is 5.75 Å². The molecule has 1 atom stereocenters. The maximum atomic E-state index is 12.0. The van der Waals surface area contributed by atoms with E-state index in [0.717, 1.165) is 42.6 Å². The summed E-state index contributed by atoms with van der Waals surface area (Å²) in [5, 5.41) is 0. The summed E-state index contributed by atoms with van der Waals surface area (Å²) in [5.41, 5.74) is 9.08. The van der Waals surface area contributed by atoms with Crippen molar-refractivity contribution >= 4 is 5.91 Å². The van der Waals surface area contributed by atoms with Gasteiger partial charge in [-0.3, -0.25) is 4.79 Å². The maximum absolute atomic E-state index is 12.0. The van der Waals surface area contributed by atoms with Gasteiger partial charge in [0.25, 0.3) is 0 Å². The Labute approximate surface area is 167 Å². The summed E-state index contributed by atoms with van der Waals surface area (Å²) in [7, 11) is 0. The summed E-state index contributed by atoms with van der Waals surface area (Å²) in [6, 6.07) is 28.2. The Balaban J connectivity index is 1.51. The summed E-state index contributed by atoms with van der Waals surface area (Å²) in [4.78, 5) is 12.0. The third-order valence-corrected chi connectivity index (χ3v) is 4.93. The lowest BCUT2D eigenvalue weighted by atomic mass is 9.92. The standard InChI is InChI=1S/C25H27NO2/c26-25(27)24(14-8-7-11-20-9-3-1-4-10-20)22-15-17-23(18-16-22)28-19-21-12-5-2-6-13-21/h1-6,9-10,12-13,15-18,24H,7-8,11,14,19H2,(H2,26,27). The number of carbonyl (C=O) groups excluding carboxylic acids is 1. The minimum Gasteiger partial charge on any atom is -0.489 e. The normalized spacial score (nSPS) is 11.7. The van der Waals surface area contributed by atoms with Crippen LogP contribution in [0.2, 0.25) is 0 Å². The SMILES string of the molecule is NC(=O)C(CCCCc1ccccc1)c1ccc(OCc2ccccc2)cc1. The molecule has 3 aromatic carbocycles. The molecule has 0 aliphatic rings. The van der Waals surface area contributed by atoms with Gasteiger partial charge in [-0.25, -0.2) is 0 Å². The van der Waals surface area contributed by atoms with Crippen LogP contribution >= 0.6 is 0 Å². The van der Waals surface area contributed by atoms with Gasteiger partial charge in [0.15, 0.2) is 0 Å². The molecule has 2 N–H and O–H groups in total. The zero-order chi connectivity index (χ0) is 19.6. The molecule has 0 spiro atoms. The zero-order valence-electron chi connectivity index (χ0n) is 16.1. The highest BCUT2D eigenvalue weighted by Crippen LogP contribution is 2.25. The number of hydrogen-bond acceptors (Lipinski definition) is 2. The van der Waals surface area contributed by atoms with E-state index < -0.39 is 0 Å². The van der Waals surface area contributed by atoms with Crippen molar-refractivity contribution in [3.63, 3.8) is 0 Å². The Bertz CT molecular complexity index is 845. The Hall–Kier alpha value is -3.07. The molecule has 0 saturated heterocycles. The van der Waals surface area contributed by atoms with Gasteiger partial charge in [0, 0.05) is 0 Å². The Morgan fingerprint density at radius 1 is 0.786 bits per heavy atom. The van der Waals surface area contributed by atoms with E-state index in [2.05, 4.69) is 24.3 Å². The minimum absolute atomic E-state index is 0.251.